The van der Waals surface area contributed by atoms with Crippen LogP contribution in [-0.2, 0) is 10.0 Å². The smallest absolute Gasteiger partial charge is 0.273 e. The van der Waals surface area contributed by atoms with E-state index in [1.54, 1.807) is 13.8 Å². The number of nitrogens with two attached hydrogens (primary N) is 1. The van der Waals surface area contributed by atoms with Gasteiger partial charge in [0.2, 0.25) is 10.0 Å². The Morgan fingerprint density at radius 2 is 2.06 bits per heavy atom. The van der Waals surface area contributed by atoms with E-state index in [2.05, 4.69) is 15.5 Å². The second-order valence-corrected chi connectivity index (χ2v) is 5.20. The average molecular weight is 246 g/mol. The van der Waals surface area contributed by atoms with Crippen LogP contribution in [0.25, 0.3) is 0 Å². The van der Waals surface area contributed by atoms with Crippen LogP contribution in [0.15, 0.2) is 4.90 Å². The van der Waals surface area contributed by atoms with E-state index in [1.807, 2.05) is 0 Å². The third-order valence-corrected chi connectivity index (χ3v) is 2.88. The predicted octanol–water partition coefficient (Wildman–Crippen LogP) is -0.496. The number of nitrogens with one attached hydrogen (secondary N) is 2. The van der Waals surface area contributed by atoms with Crippen molar-refractivity contribution < 1.29 is 13.2 Å². The van der Waals surface area contributed by atoms with Crippen molar-refractivity contribution in [3.63, 3.8) is 0 Å². The Balaban J connectivity index is 3.22. The molecule has 0 aliphatic carbocycles. The van der Waals surface area contributed by atoms with Crippen molar-refractivity contribution in [2.24, 2.45) is 5.14 Å². The predicted molar refractivity (Wildman–Crippen MR) is 57.3 cm³/mol. The van der Waals surface area contributed by atoms with Crippen LogP contribution in [0.1, 0.15) is 30.0 Å². The number of carbonyl (C=O) groups excluding carboxylic acids is 1. The van der Waals surface area contributed by atoms with Gasteiger partial charge in [-0.05, 0) is 20.8 Å². The molecule has 0 saturated carbocycles. The van der Waals surface area contributed by atoms with Crippen LogP contribution in [0.2, 0.25) is 0 Å². The highest BCUT2D eigenvalue weighted by Gasteiger charge is 2.25. The largest absolute Gasteiger partial charge is 0.348 e. The Hall–Kier alpha value is -1.41. The van der Waals surface area contributed by atoms with Crippen molar-refractivity contribution in [1.29, 1.82) is 0 Å². The molecule has 0 atom stereocenters. The molecule has 16 heavy (non-hydrogen) atoms. The van der Waals surface area contributed by atoms with Gasteiger partial charge in [0.05, 0.1) is 5.69 Å². The molecule has 0 aromatic carbocycles. The molecule has 0 aliphatic heterocycles. The molecule has 1 rings (SSSR count). The first-order valence-corrected chi connectivity index (χ1v) is 6.16. The molecule has 0 spiro atoms. The van der Waals surface area contributed by atoms with E-state index in [4.69, 9.17) is 5.14 Å². The number of primary sulfonamides is 1. The lowest BCUT2D eigenvalue weighted by atomic mass is 10.3. The number of aryl methyl sites for hydroxylation is 1. The topological polar surface area (TPSA) is 118 Å². The summed E-state index contributed by atoms with van der Waals surface area (Å²) in [6.45, 7) is 5.00. The Morgan fingerprint density at radius 1 is 1.50 bits per heavy atom. The molecule has 7 nitrogen and oxygen atoms in total. The molecule has 1 aromatic heterocycles. The van der Waals surface area contributed by atoms with Crippen LogP contribution in [0.5, 0.6) is 0 Å². The number of aromatic nitrogens is 2. The minimum atomic E-state index is -3.96. The molecule has 0 fully saturated rings. The minimum Gasteiger partial charge on any atom is -0.348 e. The number of hydrogen-bond donors (Lipinski definition) is 3. The zero-order valence-electron chi connectivity index (χ0n) is 9.23. The lowest BCUT2D eigenvalue weighted by Gasteiger charge is -2.07. The summed E-state index contributed by atoms with van der Waals surface area (Å²) < 4.78 is 22.5. The van der Waals surface area contributed by atoms with Gasteiger partial charge in [-0.25, -0.2) is 13.6 Å². The zero-order chi connectivity index (χ0) is 12.5. The van der Waals surface area contributed by atoms with Gasteiger partial charge >= 0.3 is 0 Å². The molecule has 1 heterocycles. The third-order valence-electron chi connectivity index (χ3n) is 1.81. The summed E-state index contributed by atoms with van der Waals surface area (Å²) in [6, 6.07) is -0.113. The van der Waals surface area contributed by atoms with Crippen LogP contribution >= 0.6 is 0 Å². The van der Waals surface area contributed by atoms with E-state index < -0.39 is 15.9 Å². The van der Waals surface area contributed by atoms with Gasteiger partial charge in [-0.1, -0.05) is 0 Å². The zero-order valence-corrected chi connectivity index (χ0v) is 10.1. The Labute approximate surface area is 93.5 Å². The SMILES string of the molecule is Cc1[nH]nc(C(=O)NC(C)C)c1S(N)(=O)=O. The second-order valence-electron chi connectivity index (χ2n) is 3.70. The summed E-state index contributed by atoms with van der Waals surface area (Å²) >= 11 is 0. The molecule has 1 amide bonds. The van der Waals surface area contributed by atoms with Crippen LogP contribution < -0.4 is 10.5 Å². The van der Waals surface area contributed by atoms with Gasteiger partial charge in [-0.3, -0.25) is 9.89 Å². The van der Waals surface area contributed by atoms with E-state index in [-0.39, 0.29) is 22.3 Å². The highest BCUT2D eigenvalue weighted by atomic mass is 32.2. The van der Waals surface area contributed by atoms with Crippen molar-refractivity contribution in [3.8, 4) is 0 Å². The van der Waals surface area contributed by atoms with E-state index in [0.29, 0.717) is 0 Å². The maximum Gasteiger partial charge on any atom is 0.273 e. The van der Waals surface area contributed by atoms with Crippen molar-refractivity contribution in [1.82, 2.24) is 15.5 Å². The molecule has 0 unspecified atom stereocenters. The van der Waals surface area contributed by atoms with Gasteiger partial charge in [0.25, 0.3) is 5.91 Å². The van der Waals surface area contributed by atoms with Gasteiger partial charge in [0, 0.05) is 6.04 Å². The van der Waals surface area contributed by atoms with Gasteiger partial charge < -0.3 is 5.32 Å². The fourth-order valence-corrected chi connectivity index (χ4v) is 2.13. The number of carbonyl (C=O) groups is 1. The summed E-state index contributed by atoms with van der Waals surface area (Å²) in [5, 5.41) is 13.6. The summed E-state index contributed by atoms with van der Waals surface area (Å²) in [5.41, 5.74) is 0.0464. The number of amides is 1. The maximum atomic E-state index is 11.6. The minimum absolute atomic E-state index is 0.113. The standard InChI is InChI=1S/C8H14N4O3S/c1-4(2)10-8(13)6-7(16(9,14)15)5(3)11-12-6/h4H,1-3H3,(H,10,13)(H,11,12)(H2,9,14,15). The number of hydrogen-bond acceptors (Lipinski definition) is 4. The van der Waals surface area contributed by atoms with Crippen molar-refractivity contribution >= 4 is 15.9 Å². The van der Waals surface area contributed by atoms with E-state index >= 15 is 0 Å². The molecule has 90 valence electrons. The lowest BCUT2D eigenvalue weighted by molar-refractivity contribution is 0.0934. The number of sulfonamides is 1. The van der Waals surface area contributed by atoms with Gasteiger partial charge in [0.15, 0.2) is 5.69 Å². The van der Waals surface area contributed by atoms with E-state index in [1.165, 1.54) is 6.92 Å². The molecular formula is C8H14N4O3S. The number of aromatic amines is 1. The molecular weight excluding hydrogens is 232 g/mol. The van der Waals surface area contributed by atoms with E-state index in [9.17, 15) is 13.2 Å². The average Bonchev–Trinajstić information content (AvgIpc) is 2.44. The van der Waals surface area contributed by atoms with Crippen molar-refractivity contribution in [3.05, 3.63) is 11.4 Å². The van der Waals surface area contributed by atoms with Crippen LogP contribution in [0, 0.1) is 6.92 Å². The van der Waals surface area contributed by atoms with Gasteiger partial charge in [0.1, 0.15) is 4.90 Å². The summed E-state index contributed by atoms with van der Waals surface area (Å²) in [7, 11) is -3.96. The van der Waals surface area contributed by atoms with Crippen LogP contribution in [-0.4, -0.2) is 30.6 Å². The molecule has 4 N–H and O–H groups in total. The van der Waals surface area contributed by atoms with Gasteiger partial charge in [-0.2, -0.15) is 5.10 Å². The highest BCUT2D eigenvalue weighted by molar-refractivity contribution is 7.89. The molecule has 0 aliphatic rings. The van der Waals surface area contributed by atoms with Crippen LogP contribution in [0.3, 0.4) is 0 Å². The molecule has 0 saturated heterocycles. The quantitative estimate of drug-likeness (QED) is 0.666. The first-order chi connectivity index (χ1) is 7.23. The Kier molecular flexibility index (Phi) is 3.34. The summed E-state index contributed by atoms with van der Waals surface area (Å²) in [6.07, 6.45) is 0. The summed E-state index contributed by atoms with van der Waals surface area (Å²) in [5.74, 6) is -0.566. The first-order valence-electron chi connectivity index (χ1n) is 4.62. The maximum absolute atomic E-state index is 11.6. The van der Waals surface area contributed by atoms with Crippen molar-refractivity contribution in [2.45, 2.75) is 31.7 Å². The fraction of sp³-hybridized carbons (Fsp3) is 0.500. The Morgan fingerprint density at radius 3 is 2.50 bits per heavy atom. The molecule has 0 bridgehead atoms. The second kappa shape index (κ2) is 4.22. The van der Waals surface area contributed by atoms with Crippen molar-refractivity contribution in [2.75, 3.05) is 0 Å². The summed E-state index contributed by atoms with van der Waals surface area (Å²) in [4.78, 5) is 11.4. The fourth-order valence-electron chi connectivity index (χ4n) is 1.25. The lowest BCUT2D eigenvalue weighted by Crippen LogP contribution is -2.32. The normalized spacial score (nSPS) is 11.8. The molecule has 1 aromatic rings. The highest BCUT2D eigenvalue weighted by Crippen LogP contribution is 2.15. The van der Waals surface area contributed by atoms with Crippen LogP contribution in [0.4, 0.5) is 0 Å². The van der Waals surface area contributed by atoms with Gasteiger partial charge in [-0.15, -0.1) is 0 Å². The third kappa shape index (κ3) is 2.58. The number of rotatable bonds is 3. The molecule has 8 heteroatoms. The number of nitrogens with zero attached hydrogens (tertiary/aromatic N) is 1. The monoisotopic (exact) mass is 246 g/mol. The number of H-pyrrole nitrogens is 1. The Bertz CT molecular complexity index is 503. The van der Waals surface area contributed by atoms with E-state index in [0.717, 1.165) is 0 Å². The first kappa shape index (κ1) is 12.7. The molecule has 0 radical (unpaired) electrons.